The second-order valence-electron chi connectivity index (χ2n) is 7.88. The normalized spacial score (nSPS) is 12.6. The number of benzene rings is 2. The van der Waals surface area contributed by atoms with Gasteiger partial charge in [0.2, 0.25) is 0 Å². The van der Waals surface area contributed by atoms with E-state index in [0.29, 0.717) is 5.57 Å². The number of hydrogen-bond acceptors (Lipinski definition) is 2. The van der Waals surface area contributed by atoms with Crippen molar-refractivity contribution in [2.45, 2.75) is 71.3 Å². The summed E-state index contributed by atoms with van der Waals surface area (Å²) in [5.74, 6) is -0.0246. The number of anilines is 1. The van der Waals surface area contributed by atoms with Crippen LogP contribution in [0.5, 0.6) is 0 Å². The summed E-state index contributed by atoms with van der Waals surface area (Å²) in [6, 6.07) is 17.6. The van der Waals surface area contributed by atoms with Crippen molar-refractivity contribution >= 4 is 23.2 Å². The summed E-state index contributed by atoms with van der Waals surface area (Å²) in [6.45, 7) is 4.34. The average molecular weight is 393 g/mol. The minimum absolute atomic E-state index is 0.0246. The predicted octanol–water partition coefficient (Wildman–Crippen LogP) is 6.45. The highest BCUT2D eigenvalue weighted by atomic mass is 16.1. The third-order valence-corrected chi connectivity index (χ3v) is 5.20. The highest BCUT2D eigenvalue weighted by Crippen LogP contribution is 2.20. The van der Waals surface area contributed by atoms with E-state index < -0.39 is 0 Å². The van der Waals surface area contributed by atoms with Crippen LogP contribution in [0.2, 0.25) is 0 Å². The molecular formula is C26H36N2O. The van der Waals surface area contributed by atoms with E-state index in [2.05, 4.69) is 19.2 Å². The van der Waals surface area contributed by atoms with E-state index in [4.69, 9.17) is 5.73 Å². The highest BCUT2D eigenvalue weighted by molar-refractivity contribution is 6.24. The molecule has 3 heteroatoms. The number of nitrogens with one attached hydrogen (secondary N) is 1. The van der Waals surface area contributed by atoms with Crippen molar-refractivity contribution < 1.29 is 4.79 Å². The van der Waals surface area contributed by atoms with Crippen LogP contribution in [0.4, 0.5) is 5.69 Å². The van der Waals surface area contributed by atoms with Crippen molar-refractivity contribution in [1.82, 2.24) is 5.32 Å². The van der Waals surface area contributed by atoms with Gasteiger partial charge in [0.15, 0.2) is 0 Å². The Morgan fingerprint density at radius 3 is 2.21 bits per heavy atom. The van der Waals surface area contributed by atoms with Crippen molar-refractivity contribution in [3.63, 3.8) is 0 Å². The maximum absolute atomic E-state index is 13.0. The third-order valence-electron chi connectivity index (χ3n) is 5.20. The fourth-order valence-electron chi connectivity index (χ4n) is 3.44. The second kappa shape index (κ2) is 12.8. The minimum atomic E-state index is -0.0246. The lowest BCUT2D eigenvalue weighted by Gasteiger charge is -2.16. The molecule has 3 N–H and O–H groups in total. The molecule has 0 aliphatic heterocycles. The van der Waals surface area contributed by atoms with Crippen molar-refractivity contribution in [1.29, 1.82) is 0 Å². The zero-order valence-electron chi connectivity index (χ0n) is 18.0. The maximum Gasteiger partial charge on any atom is 0.252 e. The van der Waals surface area contributed by atoms with Gasteiger partial charge in [0.25, 0.3) is 5.91 Å². The van der Waals surface area contributed by atoms with E-state index in [9.17, 15) is 4.79 Å². The van der Waals surface area contributed by atoms with Gasteiger partial charge in [-0.05, 0) is 42.7 Å². The number of unbranched alkanes of at least 4 members (excludes halogenated alkanes) is 6. The van der Waals surface area contributed by atoms with Gasteiger partial charge in [0, 0.05) is 17.3 Å². The molecule has 0 radical (unpaired) electrons. The molecule has 156 valence electrons. The molecule has 0 saturated carbocycles. The van der Waals surface area contributed by atoms with Crippen LogP contribution in [0, 0.1) is 0 Å². The number of hydrogen-bond donors (Lipinski definition) is 2. The van der Waals surface area contributed by atoms with E-state index in [-0.39, 0.29) is 11.9 Å². The Labute approximate surface area is 176 Å². The molecule has 0 bridgehead atoms. The monoisotopic (exact) mass is 392 g/mol. The van der Waals surface area contributed by atoms with Gasteiger partial charge in [-0.3, -0.25) is 4.79 Å². The van der Waals surface area contributed by atoms with E-state index in [1.165, 1.54) is 38.5 Å². The molecule has 3 nitrogen and oxygen atoms in total. The Hall–Kier alpha value is -2.55. The lowest BCUT2D eigenvalue weighted by Crippen LogP contribution is -2.33. The summed E-state index contributed by atoms with van der Waals surface area (Å²) >= 11 is 0. The molecule has 0 spiro atoms. The molecule has 1 amide bonds. The fourth-order valence-corrected chi connectivity index (χ4v) is 3.44. The molecule has 2 aromatic carbocycles. The van der Waals surface area contributed by atoms with Crippen LogP contribution in [-0.2, 0) is 4.79 Å². The Kier molecular flexibility index (Phi) is 10.1. The van der Waals surface area contributed by atoms with Gasteiger partial charge in [0.05, 0.1) is 0 Å². The fraction of sp³-hybridized carbons (Fsp3) is 0.423. The smallest absolute Gasteiger partial charge is 0.252 e. The molecule has 1 unspecified atom stereocenters. The van der Waals surface area contributed by atoms with Crippen LogP contribution >= 0.6 is 0 Å². The molecule has 1 atom stereocenters. The van der Waals surface area contributed by atoms with Crippen LogP contribution < -0.4 is 11.1 Å². The number of carbonyl (C=O) groups is 1. The van der Waals surface area contributed by atoms with Crippen molar-refractivity contribution in [3.8, 4) is 0 Å². The Balaban J connectivity index is 1.94. The van der Waals surface area contributed by atoms with E-state index in [1.54, 1.807) is 0 Å². The lowest BCUT2D eigenvalue weighted by molar-refractivity contribution is -0.116. The second-order valence-corrected chi connectivity index (χ2v) is 7.88. The summed E-state index contributed by atoms with van der Waals surface area (Å²) in [5, 5.41) is 3.19. The minimum Gasteiger partial charge on any atom is -0.399 e. The summed E-state index contributed by atoms with van der Waals surface area (Å²) < 4.78 is 0. The topological polar surface area (TPSA) is 55.1 Å². The van der Waals surface area contributed by atoms with Gasteiger partial charge in [-0.1, -0.05) is 94.3 Å². The third kappa shape index (κ3) is 8.55. The van der Waals surface area contributed by atoms with Crippen molar-refractivity contribution in [2.24, 2.45) is 0 Å². The van der Waals surface area contributed by atoms with Crippen LogP contribution in [-0.4, -0.2) is 11.9 Å². The number of nitrogen functional groups attached to an aromatic ring is 1. The molecule has 0 saturated heterocycles. The first-order chi connectivity index (χ1) is 14.1. The average Bonchev–Trinajstić information content (AvgIpc) is 2.73. The molecule has 0 aliphatic carbocycles. The summed E-state index contributed by atoms with van der Waals surface area (Å²) in [6.07, 6.45) is 12.0. The van der Waals surface area contributed by atoms with Gasteiger partial charge in [0.1, 0.15) is 0 Å². The quantitative estimate of drug-likeness (QED) is 0.189. The number of rotatable bonds is 12. The predicted molar refractivity (Wildman–Crippen MR) is 125 cm³/mol. The molecule has 2 aromatic rings. The lowest BCUT2D eigenvalue weighted by atomic mass is 10.0. The Bertz CT molecular complexity index is 750. The van der Waals surface area contributed by atoms with Gasteiger partial charge < -0.3 is 11.1 Å². The van der Waals surface area contributed by atoms with Crippen molar-refractivity contribution in [3.05, 3.63) is 65.7 Å². The summed E-state index contributed by atoms with van der Waals surface area (Å²) in [7, 11) is 0. The maximum atomic E-state index is 13.0. The molecule has 2 rings (SSSR count). The standard InChI is InChI=1S/C26H36N2O/c1-3-4-5-6-7-8-10-13-21(2)28-26(29)25(23-14-11-9-12-15-23)20-22-16-18-24(27)19-17-22/h9,11-12,14-21H,3-8,10,13,27H2,1-2H3,(H,28,29)/b25-20+. The first-order valence-electron chi connectivity index (χ1n) is 11.0. The van der Waals surface area contributed by atoms with Gasteiger partial charge in [-0.15, -0.1) is 0 Å². The Morgan fingerprint density at radius 2 is 1.55 bits per heavy atom. The van der Waals surface area contributed by atoms with Gasteiger partial charge >= 0.3 is 0 Å². The van der Waals surface area contributed by atoms with Crippen LogP contribution in [0.3, 0.4) is 0 Å². The molecule has 0 aromatic heterocycles. The number of amides is 1. The molecule has 29 heavy (non-hydrogen) atoms. The highest BCUT2D eigenvalue weighted by Gasteiger charge is 2.14. The van der Waals surface area contributed by atoms with Gasteiger partial charge in [-0.25, -0.2) is 0 Å². The van der Waals surface area contributed by atoms with Crippen molar-refractivity contribution in [2.75, 3.05) is 5.73 Å². The van der Waals surface area contributed by atoms with E-state index in [1.807, 2.05) is 60.7 Å². The van der Waals surface area contributed by atoms with Gasteiger partial charge in [-0.2, -0.15) is 0 Å². The van der Waals surface area contributed by atoms with Crippen LogP contribution in [0.15, 0.2) is 54.6 Å². The number of nitrogens with two attached hydrogens (primary N) is 1. The number of carbonyl (C=O) groups excluding carboxylic acids is 1. The Morgan fingerprint density at radius 1 is 0.931 bits per heavy atom. The SMILES string of the molecule is CCCCCCCCCC(C)NC(=O)/C(=C/c1ccc(N)cc1)c1ccccc1. The first kappa shape index (κ1) is 22.7. The molecule has 0 fully saturated rings. The zero-order valence-corrected chi connectivity index (χ0v) is 18.0. The first-order valence-corrected chi connectivity index (χ1v) is 11.0. The summed E-state index contributed by atoms with van der Waals surface area (Å²) in [4.78, 5) is 13.0. The molecule has 0 heterocycles. The van der Waals surface area contributed by atoms with E-state index in [0.717, 1.165) is 29.7 Å². The van der Waals surface area contributed by atoms with Crippen LogP contribution in [0.1, 0.15) is 76.3 Å². The largest absolute Gasteiger partial charge is 0.399 e. The van der Waals surface area contributed by atoms with Crippen LogP contribution in [0.25, 0.3) is 11.6 Å². The summed E-state index contributed by atoms with van der Waals surface area (Å²) in [5.41, 5.74) is 9.07. The molecular weight excluding hydrogens is 356 g/mol. The zero-order chi connectivity index (χ0) is 20.9. The van der Waals surface area contributed by atoms with E-state index >= 15 is 0 Å². The molecule has 0 aliphatic rings.